The molecule has 2 aromatic rings. The van der Waals surface area contributed by atoms with E-state index in [4.69, 9.17) is 9.84 Å². The topological polar surface area (TPSA) is 105 Å². The highest BCUT2D eigenvalue weighted by molar-refractivity contribution is 5.87. The number of ether oxygens (including phenoxy) is 1. The fourth-order valence-corrected chi connectivity index (χ4v) is 4.19. The third-order valence-corrected chi connectivity index (χ3v) is 5.97. The van der Waals surface area contributed by atoms with Crippen LogP contribution < -0.4 is 10.6 Å². The van der Waals surface area contributed by atoms with E-state index >= 15 is 0 Å². The second-order valence-corrected chi connectivity index (χ2v) is 8.13. The summed E-state index contributed by atoms with van der Waals surface area (Å²) >= 11 is 0. The summed E-state index contributed by atoms with van der Waals surface area (Å²) in [6.07, 6.45) is -5.54. The van der Waals surface area contributed by atoms with Crippen molar-refractivity contribution in [2.75, 3.05) is 13.2 Å². The average Bonchev–Trinajstić information content (AvgIpc) is 3.48. The SMILES string of the molecule is O=C(NC[C@H]1C[C@H]1C(=O)NC(C(=O)O)C(F)(F)F)OCC1c2ccccc2-c2ccccc21. The van der Waals surface area contributed by atoms with E-state index in [1.54, 1.807) is 0 Å². The molecule has 3 atom stereocenters. The summed E-state index contributed by atoms with van der Waals surface area (Å²) in [5, 5.41) is 12.7. The number of nitrogens with one attached hydrogen (secondary N) is 2. The number of alkyl carbamates (subject to hydrolysis) is 1. The van der Waals surface area contributed by atoms with E-state index in [-0.39, 0.29) is 31.4 Å². The first-order chi connectivity index (χ1) is 15.7. The standard InChI is InChI=1S/C23H21F3N2O5/c24-23(25,26)19(21(30)31)28-20(29)17-9-12(17)10-27-22(32)33-11-18-15-7-3-1-5-13(15)14-6-2-4-8-16(14)18/h1-8,12,17-19H,9-11H2,(H,27,32)(H,28,29)(H,30,31)/t12-,17-,19?/m1/s1. The van der Waals surface area contributed by atoms with Crippen molar-refractivity contribution < 1.29 is 37.4 Å². The largest absolute Gasteiger partial charge is 0.479 e. The molecule has 0 aromatic heterocycles. The molecule has 0 spiro atoms. The van der Waals surface area contributed by atoms with Crippen molar-refractivity contribution in [3.8, 4) is 11.1 Å². The minimum atomic E-state index is -5.09. The van der Waals surface area contributed by atoms with Gasteiger partial charge in [-0.15, -0.1) is 0 Å². The van der Waals surface area contributed by atoms with Crippen LogP contribution in [-0.4, -0.2) is 48.4 Å². The molecule has 2 aliphatic rings. The van der Waals surface area contributed by atoms with Crippen molar-refractivity contribution in [1.82, 2.24) is 10.6 Å². The Morgan fingerprint density at radius 3 is 2.15 bits per heavy atom. The molecular weight excluding hydrogens is 441 g/mol. The van der Waals surface area contributed by atoms with E-state index in [0.29, 0.717) is 0 Å². The third-order valence-electron chi connectivity index (χ3n) is 5.97. The summed E-state index contributed by atoms with van der Waals surface area (Å²) in [5.41, 5.74) is 4.30. The number of carbonyl (C=O) groups is 3. The van der Waals surface area contributed by atoms with Gasteiger partial charge in [-0.3, -0.25) is 4.79 Å². The molecule has 1 saturated carbocycles. The van der Waals surface area contributed by atoms with E-state index in [9.17, 15) is 27.6 Å². The number of carbonyl (C=O) groups excluding carboxylic acids is 2. The minimum absolute atomic E-state index is 0.0402. The number of halogens is 3. The Morgan fingerprint density at radius 2 is 1.61 bits per heavy atom. The Morgan fingerprint density at radius 1 is 1.03 bits per heavy atom. The Labute approximate surface area is 186 Å². The molecule has 1 unspecified atom stereocenters. The van der Waals surface area contributed by atoms with Gasteiger partial charge in [-0.05, 0) is 34.6 Å². The van der Waals surface area contributed by atoms with Crippen molar-refractivity contribution in [3.05, 3.63) is 59.7 Å². The maximum Gasteiger partial charge on any atom is 0.419 e. The molecule has 3 N–H and O–H groups in total. The van der Waals surface area contributed by atoms with Crippen LogP contribution in [0.3, 0.4) is 0 Å². The molecule has 0 radical (unpaired) electrons. The maximum absolute atomic E-state index is 12.7. The van der Waals surface area contributed by atoms with Gasteiger partial charge in [0.15, 0.2) is 0 Å². The van der Waals surface area contributed by atoms with Gasteiger partial charge in [-0.25, -0.2) is 9.59 Å². The molecule has 0 heterocycles. The zero-order valence-electron chi connectivity index (χ0n) is 17.3. The van der Waals surface area contributed by atoms with Gasteiger partial charge in [0.25, 0.3) is 0 Å². The van der Waals surface area contributed by atoms with Crippen molar-refractivity contribution >= 4 is 18.0 Å². The monoisotopic (exact) mass is 462 g/mol. The van der Waals surface area contributed by atoms with Crippen molar-refractivity contribution in [2.45, 2.75) is 24.6 Å². The number of benzene rings is 2. The molecular formula is C23H21F3N2O5. The van der Waals surface area contributed by atoms with E-state index in [2.05, 4.69) is 5.32 Å². The Bertz CT molecular complexity index is 1040. The molecule has 174 valence electrons. The van der Waals surface area contributed by atoms with Crippen LogP contribution in [0.1, 0.15) is 23.5 Å². The van der Waals surface area contributed by atoms with Gasteiger partial charge in [0.1, 0.15) is 6.61 Å². The van der Waals surface area contributed by atoms with Crippen LogP contribution in [0, 0.1) is 11.8 Å². The molecule has 33 heavy (non-hydrogen) atoms. The van der Waals surface area contributed by atoms with Crippen LogP contribution in [0.5, 0.6) is 0 Å². The molecule has 0 aliphatic heterocycles. The third kappa shape index (κ3) is 4.79. The molecule has 2 aliphatic carbocycles. The Balaban J connectivity index is 1.26. The lowest BCUT2D eigenvalue weighted by Gasteiger charge is -2.17. The number of carboxylic acid groups (broad SMARTS) is 1. The van der Waals surface area contributed by atoms with Gasteiger partial charge in [0, 0.05) is 18.4 Å². The second kappa shape index (κ2) is 8.76. The number of amides is 2. The fourth-order valence-electron chi connectivity index (χ4n) is 4.19. The smallest absolute Gasteiger partial charge is 0.419 e. The number of hydrogen-bond acceptors (Lipinski definition) is 4. The molecule has 0 bridgehead atoms. The van der Waals surface area contributed by atoms with Crippen LogP contribution in [0.2, 0.25) is 0 Å². The van der Waals surface area contributed by atoms with Gasteiger partial charge in [0.2, 0.25) is 11.9 Å². The highest BCUT2D eigenvalue weighted by atomic mass is 19.4. The molecule has 1 fully saturated rings. The van der Waals surface area contributed by atoms with Crippen molar-refractivity contribution in [2.24, 2.45) is 11.8 Å². The fraction of sp³-hybridized carbons (Fsp3) is 0.348. The average molecular weight is 462 g/mol. The summed E-state index contributed by atoms with van der Waals surface area (Å²) in [7, 11) is 0. The van der Waals surface area contributed by atoms with Crippen LogP contribution in [0.4, 0.5) is 18.0 Å². The van der Waals surface area contributed by atoms with E-state index in [1.807, 2.05) is 48.5 Å². The van der Waals surface area contributed by atoms with Gasteiger partial charge >= 0.3 is 18.2 Å². The van der Waals surface area contributed by atoms with Gasteiger partial charge in [0.05, 0.1) is 0 Å². The number of fused-ring (bicyclic) bond motifs is 3. The lowest BCUT2D eigenvalue weighted by molar-refractivity contribution is -0.182. The van der Waals surface area contributed by atoms with Crippen molar-refractivity contribution in [1.29, 1.82) is 0 Å². The van der Waals surface area contributed by atoms with Crippen LogP contribution in [0.25, 0.3) is 11.1 Å². The summed E-state index contributed by atoms with van der Waals surface area (Å²) in [4.78, 5) is 34.9. The molecule has 10 heteroatoms. The summed E-state index contributed by atoms with van der Waals surface area (Å²) in [5.74, 6) is -4.46. The first-order valence-electron chi connectivity index (χ1n) is 10.4. The molecule has 2 aromatic carbocycles. The van der Waals surface area contributed by atoms with Gasteiger partial charge in [-0.2, -0.15) is 13.2 Å². The maximum atomic E-state index is 12.7. The van der Waals surface area contributed by atoms with Crippen LogP contribution in [-0.2, 0) is 14.3 Å². The summed E-state index contributed by atoms with van der Waals surface area (Å²) in [6, 6.07) is 12.8. The van der Waals surface area contributed by atoms with Gasteiger partial charge in [-0.1, -0.05) is 48.5 Å². The first-order valence-corrected chi connectivity index (χ1v) is 10.4. The number of rotatable bonds is 7. The predicted octanol–water partition coefficient (Wildman–Crippen LogP) is 3.29. The van der Waals surface area contributed by atoms with Crippen molar-refractivity contribution in [3.63, 3.8) is 0 Å². The lowest BCUT2D eigenvalue weighted by atomic mass is 9.98. The molecule has 4 rings (SSSR count). The first kappa shape index (κ1) is 22.6. The van der Waals surface area contributed by atoms with E-state index < -0.39 is 36.1 Å². The number of carboxylic acids is 1. The zero-order valence-corrected chi connectivity index (χ0v) is 17.3. The second-order valence-electron chi connectivity index (χ2n) is 8.13. The van der Waals surface area contributed by atoms with E-state index in [0.717, 1.165) is 22.3 Å². The molecule has 0 saturated heterocycles. The van der Waals surface area contributed by atoms with E-state index in [1.165, 1.54) is 5.32 Å². The van der Waals surface area contributed by atoms with Crippen LogP contribution in [0.15, 0.2) is 48.5 Å². The minimum Gasteiger partial charge on any atom is -0.479 e. The lowest BCUT2D eigenvalue weighted by Crippen LogP contribution is -2.51. The van der Waals surface area contributed by atoms with Gasteiger partial charge < -0.3 is 20.5 Å². The highest BCUT2D eigenvalue weighted by Crippen LogP contribution is 2.44. The quantitative estimate of drug-likeness (QED) is 0.586. The normalized spacial score (nSPS) is 19.7. The van der Waals surface area contributed by atoms with Crippen LogP contribution >= 0.6 is 0 Å². The molecule has 7 nitrogen and oxygen atoms in total. The summed E-state index contributed by atoms with van der Waals surface area (Å²) < 4.78 is 43.5. The highest BCUT2D eigenvalue weighted by Gasteiger charge is 2.50. The Hall–Kier alpha value is -3.56. The molecule has 2 amide bonds. The Kier molecular flexibility index (Phi) is 6.01. The zero-order chi connectivity index (χ0) is 23.8. The predicted molar refractivity (Wildman–Crippen MR) is 110 cm³/mol. The number of alkyl halides is 3. The summed E-state index contributed by atoms with van der Waals surface area (Å²) in [6.45, 7) is 0.152. The number of hydrogen-bond donors (Lipinski definition) is 3. The number of aliphatic carboxylic acids is 1.